The number of carbonyl (C=O) groups excluding carboxylic acids is 1. The van der Waals surface area contributed by atoms with Crippen molar-refractivity contribution < 1.29 is 9.53 Å². The molecule has 0 saturated heterocycles. The Morgan fingerprint density at radius 3 is 1.96 bits per heavy atom. The summed E-state index contributed by atoms with van der Waals surface area (Å²) in [4.78, 5) is 16.5. The van der Waals surface area contributed by atoms with E-state index in [1.165, 1.54) is 55.5 Å². The summed E-state index contributed by atoms with van der Waals surface area (Å²) in [5.74, 6) is 0.692. The zero-order chi connectivity index (χ0) is 17.1. The normalized spacial score (nSPS) is 11.5. The van der Waals surface area contributed by atoms with Crippen LogP contribution in [-0.2, 0) is 0 Å². The van der Waals surface area contributed by atoms with Crippen molar-refractivity contribution in [3.8, 4) is 5.75 Å². The van der Waals surface area contributed by atoms with Crippen LogP contribution in [0.1, 0.15) is 69.7 Å². The van der Waals surface area contributed by atoms with E-state index in [2.05, 4.69) is 20.8 Å². The molecule has 0 spiro atoms. The number of hydrogen-bond acceptors (Lipinski definition) is 3. The average molecular weight is 426 g/mol. The van der Waals surface area contributed by atoms with Gasteiger partial charge in [0.1, 0.15) is 0 Å². The minimum atomic E-state index is -2.64. The Morgan fingerprint density at radius 1 is 1.04 bits per heavy atom. The number of ether oxygens (including phenoxy) is 1. The van der Waals surface area contributed by atoms with Gasteiger partial charge in [0.25, 0.3) is 0 Å². The summed E-state index contributed by atoms with van der Waals surface area (Å²) >= 11 is -2.64. The number of nitrogens with zero attached hydrogens (tertiary/aromatic N) is 1. The van der Waals surface area contributed by atoms with Crippen molar-refractivity contribution in [3.05, 3.63) is 17.8 Å². The Kier molecular flexibility index (Phi) is 9.84. The Bertz CT molecular complexity index is 455. The maximum atomic E-state index is 11.7. The van der Waals surface area contributed by atoms with E-state index in [0.717, 1.165) is 11.8 Å². The fourth-order valence-corrected chi connectivity index (χ4v) is 19.5. The van der Waals surface area contributed by atoms with Crippen LogP contribution in [0.5, 0.6) is 5.75 Å². The van der Waals surface area contributed by atoms with Gasteiger partial charge >= 0.3 is 146 Å². The molecule has 4 heteroatoms. The van der Waals surface area contributed by atoms with E-state index in [1.54, 1.807) is 7.11 Å². The molecule has 0 aliphatic carbocycles. The van der Waals surface area contributed by atoms with Crippen LogP contribution in [0.4, 0.5) is 0 Å². The molecule has 1 aromatic rings. The molecule has 3 nitrogen and oxygen atoms in total. The van der Waals surface area contributed by atoms with Gasteiger partial charge in [0.05, 0.1) is 0 Å². The third-order valence-electron chi connectivity index (χ3n) is 4.78. The molecule has 1 aromatic heterocycles. The van der Waals surface area contributed by atoms with Crippen LogP contribution < -0.4 is 8.45 Å². The Hall–Kier alpha value is -0.581. The molecule has 0 saturated carbocycles. The molecule has 0 amide bonds. The third-order valence-corrected chi connectivity index (χ3v) is 20.1. The average Bonchev–Trinajstić information content (AvgIpc) is 2.61. The molecule has 0 atom stereocenters. The number of aldehydes is 1. The van der Waals surface area contributed by atoms with Crippen LogP contribution in [0, 0.1) is 0 Å². The predicted octanol–water partition coefficient (Wildman–Crippen LogP) is 4.96. The molecule has 0 bridgehead atoms. The minimum absolute atomic E-state index is 0.692. The van der Waals surface area contributed by atoms with Gasteiger partial charge in [-0.2, -0.15) is 0 Å². The van der Waals surface area contributed by atoms with E-state index in [4.69, 9.17) is 9.72 Å². The molecule has 0 aliphatic rings. The number of unbranched alkanes of at least 4 members (excludes halogenated alkanes) is 3. The second-order valence-electron chi connectivity index (χ2n) is 6.52. The van der Waals surface area contributed by atoms with Gasteiger partial charge in [0.15, 0.2) is 0 Å². The molecule has 0 unspecified atom stereocenters. The fourth-order valence-electron chi connectivity index (χ4n) is 3.38. The number of pyridine rings is 1. The number of hydrogen-bond donors (Lipinski definition) is 0. The molecule has 1 rings (SSSR count). The first-order chi connectivity index (χ1) is 11.2. The van der Waals surface area contributed by atoms with Gasteiger partial charge in [-0.15, -0.1) is 0 Å². The number of rotatable bonds is 12. The van der Waals surface area contributed by atoms with Crippen LogP contribution in [0.3, 0.4) is 0 Å². The first-order valence-electron chi connectivity index (χ1n) is 9.17. The van der Waals surface area contributed by atoms with E-state index < -0.39 is 18.4 Å². The van der Waals surface area contributed by atoms with Crippen molar-refractivity contribution in [2.24, 2.45) is 0 Å². The van der Waals surface area contributed by atoms with Gasteiger partial charge < -0.3 is 0 Å². The predicted molar refractivity (Wildman–Crippen MR) is 101 cm³/mol. The fraction of sp³-hybridized carbons (Fsp3) is 0.684. The first-order valence-corrected chi connectivity index (χ1v) is 16.6. The quantitative estimate of drug-likeness (QED) is 0.351. The summed E-state index contributed by atoms with van der Waals surface area (Å²) in [5, 5.41) is 0. The Labute approximate surface area is 146 Å². The van der Waals surface area contributed by atoms with Gasteiger partial charge in [0, 0.05) is 0 Å². The zero-order valence-corrected chi connectivity index (χ0v) is 18.2. The number of aromatic nitrogens is 1. The molecule has 0 aliphatic heterocycles. The van der Waals surface area contributed by atoms with E-state index >= 15 is 0 Å². The molecule has 0 aromatic carbocycles. The summed E-state index contributed by atoms with van der Waals surface area (Å²) in [7, 11) is 1.63. The maximum absolute atomic E-state index is 11.7. The van der Waals surface area contributed by atoms with Crippen molar-refractivity contribution >= 4 is 28.4 Å². The molecule has 0 radical (unpaired) electrons. The van der Waals surface area contributed by atoms with Crippen LogP contribution in [0.15, 0.2) is 12.3 Å². The Balaban J connectivity index is 3.30. The van der Waals surface area contributed by atoms with Crippen molar-refractivity contribution in [2.45, 2.75) is 72.6 Å². The standard InChI is InChI=1S/C7H6NO2.3C4H9.Sn/c1-10-7-2-6(5-9)3-8-4-7;3*1-3-4-2;/h2,4-5H,1H3;3*1,3-4H2,2H3;. The zero-order valence-electron chi connectivity index (χ0n) is 15.4. The van der Waals surface area contributed by atoms with E-state index in [1.807, 2.05) is 12.3 Å². The van der Waals surface area contributed by atoms with E-state index in [0.29, 0.717) is 5.75 Å². The van der Waals surface area contributed by atoms with Crippen molar-refractivity contribution in [1.29, 1.82) is 0 Å². The van der Waals surface area contributed by atoms with Crippen LogP contribution in [0.25, 0.3) is 0 Å². The molecule has 0 N–H and O–H groups in total. The van der Waals surface area contributed by atoms with Gasteiger partial charge in [-0.3, -0.25) is 0 Å². The van der Waals surface area contributed by atoms with Gasteiger partial charge in [-0.05, 0) is 0 Å². The Morgan fingerprint density at radius 2 is 1.57 bits per heavy atom. The van der Waals surface area contributed by atoms with Crippen LogP contribution >= 0.6 is 0 Å². The molecule has 23 heavy (non-hydrogen) atoms. The second kappa shape index (κ2) is 11.1. The number of methoxy groups -OCH3 is 1. The van der Waals surface area contributed by atoms with E-state index in [-0.39, 0.29) is 0 Å². The summed E-state index contributed by atoms with van der Waals surface area (Å²) in [5.41, 5.74) is 0.795. The van der Waals surface area contributed by atoms with Crippen molar-refractivity contribution in [2.75, 3.05) is 7.11 Å². The second-order valence-corrected chi connectivity index (χ2v) is 19.5. The summed E-state index contributed by atoms with van der Waals surface area (Å²) in [6.45, 7) is 6.79. The molecule has 0 fully saturated rings. The van der Waals surface area contributed by atoms with Crippen LogP contribution in [0.2, 0.25) is 13.3 Å². The molecule has 130 valence electrons. The SMILES string of the molecule is CCC[CH2][Sn]([CH2]CCC)([CH2]CCC)[c]1ncc(OC)cc1C=O. The first kappa shape index (κ1) is 20.5. The van der Waals surface area contributed by atoms with Gasteiger partial charge in [0.2, 0.25) is 0 Å². The van der Waals surface area contributed by atoms with Gasteiger partial charge in [-0.25, -0.2) is 0 Å². The molecular weight excluding hydrogens is 393 g/mol. The summed E-state index contributed by atoms with van der Waals surface area (Å²) < 4.78 is 10.4. The summed E-state index contributed by atoms with van der Waals surface area (Å²) in [6.07, 6.45) is 10.3. The van der Waals surface area contributed by atoms with E-state index in [9.17, 15) is 4.79 Å². The van der Waals surface area contributed by atoms with Crippen molar-refractivity contribution in [3.63, 3.8) is 0 Å². The molecule has 1 heterocycles. The molecular formula is C19H33NO2Sn. The monoisotopic (exact) mass is 427 g/mol. The van der Waals surface area contributed by atoms with Crippen LogP contribution in [-0.4, -0.2) is 36.8 Å². The topological polar surface area (TPSA) is 39.2 Å². The number of carbonyl (C=O) groups is 1. The van der Waals surface area contributed by atoms with Gasteiger partial charge in [-0.1, -0.05) is 0 Å². The summed E-state index contributed by atoms with van der Waals surface area (Å²) in [6, 6.07) is 1.89. The van der Waals surface area contributed by atoms with Crippen molar-refractivity contribution in [1.82, 2.24) is 4.98 Å². The third kappa shape index (κ3) is 5.77.